The van der Waals surface area contributed by atoms with Gasteiger partial charge >= 0.3 is 0 Å². The predicted molar refractivity (Wildman–Crippen MR) is 89.5 cm³/mol. The lowest BCUT2D eigenvalue weighted by Gasteiger charge is -2.18. The number of anilines is 1. The van der Waals surface area contributed by atoms with Crippen LogP contribution in [0.25, 0.3) is 0 Å². The van der Waals surface area contributed by atoms with Crippen molar-refractivity contribution in [2.24, 2.45) is 7.05 Å². The third-order valence-corrected chi connectivity index (χ3v) is 4.86. The van der Waals surface area contributed by atoms with E-state index in [9.17, 15) is 14.7 Å². The normalized spacial score (nSPS) is 17.8. The van der Waals surface area contributed by atoms with E-state index in [0.29, 0.717) is 22.8 Å². The van der Waals surface area contributed by atoms with Crippen molar-refractivity contribution in [1.29, 1.82) is 0 Å². The molecule has 2 aromatic rings. The molecule has 0 aliphatic carbocycles. The lowest BCUT2D eigenvalue weighted by molar-refractivity contribution is -0.117. The molecule has 23 heavy (non-hydrogen) atoms. The largest absolute Gasteiger partial charge is 0.508 e. The van der Waals surface area contributed by atoms with Crippen molar-refractivity contribution in [2.45, 2.75) is 12.3 Å². The van der Waals surface area contributed by atoms with Crippen molar-refractivity contribution >= 4 is 34.8 Å². The molecule has 1 aliphatic heterocycles. The summed E-state index contributed by atoms with van der Waals surface area (Å²) in [5, 5.41) is 10.7. The van der Waals surface area contributed by atoms with Gasteiger partial charge in [0, 0.05) is 43.8 Å². The molecule has 1 aromatic carbocycles. The van der Waals surface area contributed by atoms with E-state index in [0.717, 1.165) is 0 Å². The van der Waals surface area contributed by atoms with Crippen LogP contribution in [0, 0.1) is 0 Å². The molecule has 7 heteroatoms. The summed E-state index contributed by atoms with van der Waals surface area (Å²) in [5.41, 5.74) is 0.819. The molecule has 3 rings (SSSR count). The molecule has 1 fully saturated rings. The topological polar surface area (TPSA) is 62.5 Å². The molecule has 0 saturated carbocycles. The number of nitrogens with zero attached hydrogens (tertiary/aromatic N) is 2. The summed E-state index contributed by atoms with van der Waals surface area (Å²) in [6, 6.07) is 6.11. The molecule has 1 saturated heterocycles. The Hall–Kier alpha value is -1.98. The Labute approximate surface area is 142 Å². The Bertz CT molecular complexity index is 848. The van der Waals surface area contributed by atoms with Crippen LogP contribution in [0.15, 0.2) is 35.3 Å². The second-order valence-electron chi connectivity index (χ2n) is 5.53. The van der Waals surface area contributed by atoms with E-state index in [1.165, 1.54) is 27.7 Å². The minimum atomic E-state index is -0.280. The lowest BCUT2D eigenvalue weighted by atomic mass is 9.97. The second kappa shape index (κ2) is 5.91. The monoisotopic (exact) mass is 352 g/mol. The van der Waals surface area contributed by atoms with Gasteiger partial charge in [-0.3, -0.25) is 9.59 Å². The first-order chi connectivity index (χ1) is 10.9. The molecule has 1 aromatic heterocycles. The maximum atomic E-state index is 12.3. The number of aromatic hydroxyl groups is 1. The SMILES string of the molecule is Cn1ccc(N2CC(c3c(O)ccc(Cl)c3Cl)CC2=O)cc1=O. The van der Waals surface area contributed by atoms with Gasteiger partial charge in [-0.25, -0.2) is 0 Å². The van der Waals surface area contributed by atoms with E-state index in [2.05, 4.69) is 0 Å². The molecular formula is C16H14Cl2N2O3. The number of hydrogen-bond acceptors (Lipinski definition) is 3. The van der Waals surface area contributed by atoms with Gasteiger partial charge in [0.2, 0.25) is 5.91 Å². The quantitative estimate of drug-likeness (QED) is 0.903. The standard InChI is InChI=1S/C16H14Cl2N2O3/c1-19-5-4-10(7-13(19)22)20-8-9(6-14(20)23)15-12(21)3-2-11(17)16(15)18/h2-5,7,9,21H,6,8H2,1H3. The number of carbonyl (C=O) groups is 1. The Morgan fingerprint density at radius 1 is 1.22 bits per heavy atom. The van der Waals surface area contributed by atoms with Crippen molar-refractivity contribution in [2.75, 3.05) is 11.4 Å². The van der Waals surface area contributed by atoms with Gasteiger partial charge in [0.15, 0.2) is 0 Å². The molecule has 0 spiro atoms. The van der Waals surface area contributed by atoms with Crippen LogP contribution >= 0.6 is 23.2 Å². The maximum Gasteiger partial charge on any atom is 0.252 e. The molecule has 1 unspecified atom stereocenters. The van der Waals surface area contributed by atoms with E-state index in [-0.39, 0.29) is 34.6 Å². The second-order valence-corrected chi connectivity index (χ2v) is 6.32. The van der Waals surface area contributed by atoms with E-state index in [1.54, 1.807) is 19.3 Å². The summed E-state index contributed by atoms with van der Waals surface area (Å²) in [7, 11) is 1.64. The van der Waals surface area contributed by atoms with Crippen LogP contribution < -0.4 is 10.5 Å². The minimum Gasteiger partial charge on any atom is -0.508 e. The molecule has 1 atom stereocenters. The summed E-state index contributed by atoms with van der Waals surface area (Å²) in [5.74, 6) is -0.389. The molecule has 1 aliphatic rings. The number of benzene rings is 1. The van der Waals surface area contributed by atoms with Crippen molar-refractivity contribution in [3.63, 3.8) is 0 Å². The minimum absolute atomic E-state index is 0.0167. The average Bonchev–Trinajstić information content (AvgIpc) is 2.88. The van der Waals surface area contributed by atoms with Crippen molar-refractivity contribution in [3.05, 3.63) is 56.4 Å². The number of aromatic nitrogens is 1. The first-order valence-corrected chi connectivity index (χ1v) is 7.78. The zero-order valence-electron chi connectivity index (χ0n) is 12.3. The van der Waals surface area contributed by atoms with Gasteiger partial charge in [-0.1, -0.05) is 23.2 Å². The fraction of sp³-hybridized carbons (Fsp3) is 0.250. The van der Waals surface area contributed by atoms with Crippen LogP contribution in [0.2, 0.25) is 10.0 Å². The molecule has 1 N–H and O–H groups in total. The summed E-state index contributed by atoms with van der Waals surface area (Å²) >= 11 is 12.2. The third-order valence-electron chi connectivity index (χ3n) is 4.04. The highest BCUT2D eigenvalue weighted by molar-refractivity contribution is 6.42. The smallest absolute Gasteiger partial charge is 0.252 e. The van der Waals surface area contributed by atoms with Gasteiger partial charge in [-0.05, 0) is 18.2 Å². The summed E-state index contributed by atoms with van der Waals surface area (Å²) in [6.07, 6.45) is 1.81. The van der Waals surface area contributed by atoms with Crippen molar-refractivity contribution in [3.8, 4) is 5.75 Å². The maximum absolute atomic E-state index is 12.3. The van der Waals surface area contributed by atoms with Crippen LogP contribution in [0.5, 0.6) is 5.75 Å². The third kappa shape index (κ3) is 2.82. The highest BCUT2D eigenvalue weighted by Crippen LogP contribution is 2.42. The lowest BCUT2D eigenvalue weighted by Crippen LogP contribution is -2.27. The zero-order chi connectivity index (χ0) is 16.7. The molecule has 2 heterocycles. The molecule has 120 valence electrons. The summed E-state index contributed by atoms with van der Waals surface area (Å²) in [4.78, 5) is 25.6. The number of halogens is 2. The van der Waals surface area contributed by atoms with Crippen LogP contribution in [0.1, 0.15) is 17.9 Å². The molecule has 1 amide bonds. The van der Waals surface area contributed by atoms with Crippen molar-refractivity contribution in [1.82, 2.24) is 4.57 Å². The Balaban J connectivity index is 1.96. The fourth-order valence-electron chi connectivity index (χ4n) is 2.80. The average molecular weight is 353 g/mol. The molecular weight excluding hydrogens is 339 g/mol. The number of rotatable bonds is 2. The van der Waals surface area contributed by atoms with Crippen LogP contribution in [0.4, 0.5) is 5.69 Å². The van der Waals surface area contributed by atoms with E-state index < -0.39 is 0 Å². The summed E-state index contributed by atoms with van der Waals surface area (Å²) < 4.78 is 1.43. The van der Waals surface area contributed by atoms with Gasteiger partial charge in [0.05, 0.1) is 15.7 Å². The highest BCUT2D eigenvalue weighted by atomic mass is 35.5. The fourth-order valence-corrected chi connectivity index (χ4v) is 3.28. The number of carbonyl (C=O) groups excluding carboxylic acids is 1. The van der Waals surface area contributed by atoms with Gasteiger partial charge in [-0.2, -0.15) is 0 Å². The molecule has 0 radical (unpaired) electrons. The summed E-state index contributed by atoms with van der Waals surface area (Å²) in [6.45, 7) is 0.333. The van der Waals surface area contributed by atoms with Crippen LogP contribution in [-0.2, 0) is 11.8 Å². The number of phenolic OH excluding ortho intramolecular Hbond substituents is 1. The van der Waals surface area contributed by atoms with Gasteiger partial charge in [-0.15, -0.1) is 0 Å². The van der Waals surface area contributed by atoms with E-state index in [1.807, 2.05) is 0 Å². The first kappa shape index (κ1) is 15.9. The van der Waals surface area contributed by atoms with Crippen LogP contribution in [-0.4, -0.2) is 22.1 Å². The Kier molecular flexibility index (Phi) is 4.08. The number of amides is 1. The first-order valence-electron chi connectivity index (χ1n) is 7.02. The molecule has 5 nitrogen and oxygen atoms in total. The van der Waals surface area contributed by atoms with E-state index in [4.69, 9.17) is 23.2 Å². The number of pyridine rings is 1. The molecule has 0 bridgehead atoms. The predicted octanol–water partition coefficient (Wildman–Crippen LogP) is 2.92. The number of phenols is 1. The number of hydrogen-bond donors (Lipinski definition) is 1. The van der Waals surface area contributed by atoms with Gasteiger partial charge < -0.3 is 14.6 Å². The number of aryl methyl sites for hydroxylation is 1. The zero-order valence-corrected chi connectivity index (χ0v) is 13.8. The Morgan fingerprint density at radius 3 is 2.65 bits per heavy atom. The van der Waals surface area contributed by atoms with Crippen molar-refractivity contribution < 1.29 is 9.90 Å². The van der Waals surface area contributed by atoms with Gasteiger partial charge in [0.1, 0.15) is 5.75 Å². The highest BCUT2D eigenvalue weighted by Gasteiger charge is 2.34. The van der Waals surface area contributed by atoms with E-state index >= 15 is 0 Å². The van der Waals surface area contributed by atoms with Crippen LogP contribution in [0.3, 0.4) is 0 Å². The Morgan fingerprint density at radius 2 is 1.96 bits per heavy atom. The van der Waals surface area contributed by atoms with Gasteiger partial charge in [0.25, 0.3) is 5.56 Å².